The van der Waals surface area contributed by atoms with Crippen molar-refractivity contribution < 1.29 is 45.5 Å². The number of likely N-dealkylation sites (tertiary alicyclic amines) is 1. The van der Waals surface area contributed by atoms with Crippen LogP contribution >= 0.6 is 11.6 Å². The summed E-state index contributed by atoms with van der Waals surface area (Å²) in [4.78, 5) is 29.9. The van der Waals surface area contributed by atoms with Gasteiger partial charge in [-0.15, -0.1) is 0 Å². The molecule has 3 atom stereocenters. The SMILES string of the molecule is [2H]C([2H])([2H])N(C(=O)[C@@H]1C[C@@H](O)CN1[C@]1(c2ccccc2OC)C(=O)N(S(=O)(=O)c2ccc(OC)cc2OC)c2ccc(Cl)cc21)C([2H])([2H])[2H]. The van der Waals surface area contributed by atoms with Crippen LogP contribution < -0.4 is 18.5 Å². The van der Waals surface area contributed by atoms with Crippen LogP contribution in [0.5, 0.6) is 17.2 Å². The number of ether oxygens (including phenoxy) is 3. The molecule has 3 aromatic rings. The molecule has 2 amide bonds. The van der Waals surface area contributed by atoms with Gasteiger partial charge in [0.25, 0.3) is 15.9 Å². The number of methoxy groups -OCH3 is 3. The molecule has 1 saturated heterocycles. The van der Waals surface area contributed by atoms with Gasteiger partial charge in [-0.05, 0) is 42.8 Å². The highest BCUT2D eigenvalue weighted by molar-refractivity contribution is 7.93. The van der Waals surface area contributed by atoms with Gasteiger partial charge in [-0.3, -0.25) is 14.5 Å². The maximum Gasteiger partial charge on any atom is 0.274 e. The van der Waals surface area contributed by atoms with E-state index < -0.39 is 71.3 Å². The van der Waals surface area contributed by atoms with Crippen molar-refractivity contribution in [1.82, 2.24) is 9.80 Å². The number of carbonyl (C=O) groups excluding carboxylic acids is 2. The van der Waals surface area contributed by atoms with E-state index in [2.05, 4.69) is 0 Å². The van der Waals surface area contributed by atoms with Gasteiger partial charge < -0.3 is 24.2 Å². The van der Waals surface area contributed by atoms with Crippen molar-refractivity contribution in [1.29, 1.82) is 0 Å². The standard InChI is InChI=1S/C30H32ClN3O8S/c1-32(2)28(36)24-15-19(35)17-33(24)30(21-8-6-7-9-25(21)41-4)22-14-18(31)10-12-23(22)34(29(30)37)43(38,39)27-13-11-20(40-3)16-26(27)42-5/h6-14,16,19,24,35H,15,17H2,1-5H3/t19-,24+,30+/m1/s1/i1D3,2D3. The number of hydrogen-bond acceptors (Lipinski definition) is 9. The summed E-state index contributed by atoms with van der Waals surface area (Å²) in [5.74, 6) is -2.46. The van der Waals surface area contributed by atoms with Crippen molar-refractivity contribution in [3.8, 4) is 17.2 Å². The summed E-state index contributed by atoms with van der Waals surface area (Å²) in [7, 11) is -0.966. The van der Waals surface area contributed by atoms with Gasteiger partial charge in [-0.2, -0.15) is 0 Å². The molecule has 0 unspecified atom stereocenters. The maximum atomic E-state index is 15.3. The molecule has 1 fully saturated rings. The van der Waals surface area contributed by atoms with Crippen LogP contribution in [-0.4, -0.2) is 89.1 Å². The first-order valence-corrected chi connectivity index (χ1v) is 14.7. The number of benzene rings is 3. The number of anilines is 1. The molecule has 3 aromatic carbocycles. The number of β-amino-alcohol motifs (C(OH)–C–C–N with tert-alkyl or cyclic N) is 1. The Morgan fingerprint density at radius 3 is 2.42 bits per heavy atom. The summed E-state index contributed by atoms with van der Waals surface area (Å²) in [6, 6.07) is 12.1. The lowest BCUT2D eigenvalue weighted by Crippen LogP contribution is -2.59. The lowest BCUT2D eigenvalue weighted by Gasteiger charge is -2.42. The number of aliphatic hydroxyl groups excluding tert-OH is 1. The third-order valence-electron chi connectivity index (χ3n) is 7.66. The molecule has 2 aliphatic heterocycles. The van der Waals surface area contributed by atoms with Gasteiger partial charge in [0, 0.05) is 50.9 Å². The van der Waals surface area contributed by atoms with E-state index in [1.54, 1.807) is 6.07 Å². The zero-order chi connectivity index (χ0) is 36.3. The summed E-state index contributed by atoms with van der Waals surface area (Å²) in [6.45, 7) is -7.41. The third kappa shape index (κ3) is 4.69. The minimum absolute atomic E-state index is 0.00614. The molecular formula is C30H32ClN3O8S. The molecule has 13 heteroatoms. The van der Waals surface area contributed by atoms with Crippen LogP contribution in [0.1, 0.15) is 25.8 Å². The molecule has 0 radical (unpaired) electrons. The molecule has 11 nitrogen and oxygen atoms in total. The Labute approximate surface area is 263 Å². The number of sulfonamides is 1. The number of fused-ring (bicyclic) bond motifs is 1. The number of nitrogens with zero attached hydrogens (tertiary/aromatic N) is 3. The fraction of sp³-hybridized carbons (Fsp3) is 0.333. The molecule has 228 valence electrons. The zero-order valence-corrected chi connectivity index (χ0v) is 24.8. The molecule has 1 N–H and O–H groups in total. The number of hydrogen-bond donors (Lipinski definition) is 1. The molecule has 0 bridgehead atoms. The minimum Gasteiger partial charge on any atom is -0.497 e. The molecule has 0 saturated carbocycles. The van der Waals surface area contributed by atoms with Gasteiger partial charge in [0.15, 0.2) is 5.54 Å². The number of para-hydroxylation sites is 1. The summed E-state index contributed by atoms with van der Waals surface area (Å²) in [6.07, 6.45) is -1.89. The number of halogens is 1. The molecule has 43 heavy (non-hydrogen) atoms. The maximum absolute atomic E-state index is 15.3. The Kier molecular flexibility index (Phi) is 6.22. The second-order valence-electron chi connectivity index (χ2n) is 9.89. The molecule has 2 heterocycles. The van der Waals surface area contributed by atoms with E-state index in [1.807, 2.05) is 0 Å². The van der Waals surface area contributed by atoms with Gasteiger partial charge in [-0.1, -0.05) is 29.8 Å². The second-order valence-corrected chi connectivity index (χ2v) is 12.1. The largest absolute Gasteiger partial charge is 0.497 e. The van der Waals surface area contributed by atoms with Crippen LogP contribution in [0, 0.1) is 0 Å². The Morgan fingerprint density at radius 2 is 1.74 bits per heavy atom. The van der Waals surface area contributed by atoms with Crippen molar-refractivity contribution in [2.75, 3.05) is 46.1 Å². The fourth-order valence-corrected chi connectivity index (χ4v) is 7.65. The Bertz CT molecular complexity index is 1900. The predicted octanol–water partition coefficient (Wildman–Crippen LogP) is 2.87. The van der Waals surface area contributed by atoms with Crippen molar-refractivity contribution in [2.24, 2.45) is 0 Å². The highest BCUT2D eigenvalue weighted by atomic mass is 35.5. The number of likely N-dealkylation sites (N-methyl/N-ethyl adjacent to an activating group) is 1. The number of aliphatic hydroxyl groups is 1. The smallest absolute Gasteiger partial charge is 0.274 e. The highest BCUT2D eigenvalue weighted by Crippen LogP contribution is 2.55. The van der Waals surface area contributed by atoms with Crippen LogP contribution in [0.3, 0.4) is 0 Å². The van der Waals surface area contributed by atoms with E-state index in [4.69, 9.17) is 34.0 Å². The molecule has 0 aromatic heterocycles. The van der Waals surface area contributed by atoms with Gasteiger partial charge in [0.05, 0.1) is 39.2 Å². The minimum atomic E-state index is -4.87. The molecular weight excluding hydrogens is 598 g/mol. The second kappa shape index (κ2) is 11.3. The van der Waals surface area contributed by atoms with Crippen LogP contribution in [0.4, 0.5) is 5.69 Å². The number of rotatable bonds is 8. The fourth-order valence-electron chi connectivity index (χ4n) is 5.88. The van der Waals surface area contributed by atoms with Gasteiger partial charge in [0.1, 0.15) is 22.1 Å². The van der Waals surface area contributed by atoms with Gasteiger partial charge in [-0.25, -0.2) is 12.7 Å². The van der Waals surface area contributed by atoms with E-state index in [0.29, 0.717) is 4.31 Å². The average molecular weight is 636 g/mol. The van der Waals surface area contributed by atoms with E-state index in [0.717, 1.165) is 4.90 Å². The first kappa shape index (κ1) is 23.6. The Hall–Kier alpha value is -3.84. The zero-order valence-electron chi connectivity index (χ0n) is 29.3. The monoisotopic (exact) mass is 635 g/mol. The van der Waals surface area contributed by atoms with E-state index in [9.17, 15) is 18.3 Å². The summed E-state index contributed by atoms with van der Waals surface area (Å²) >= 11 is 6.49. The highest BCUT2D eigenvalue weighted by Gasteiger charge is 2.64. The molecule has 0 spiro atoms. The van der Waals surface area contributed by atoms with Gasteiger partial charge in [0.2, 0.25) is 5.91 Å². The lowest BCUT2D eigenvalue weighted by molar-refractivity contribution is -0.138. The predicted molar refractivity (Wildman–Crippen MR) is 159 cm³/mol. The normalized spacial score (nSPS) is 24.6. The van der Waals surface area contributed by atoms with Crippen molar-refractivity contribution in [2.45, 2.75) is 29.0 Å². The Morgan fingerprint density at radius 1 is 1.02 bits per heavy atom. The van der Waals surface area contributed by atoms with E-state index >= 15 is 4.79 Å². The van der Waals surface area contributed by atoms with Crippen LogP contribution in [-0.2, 0) is 25.2 Å². The van der Waals surface area contributed by atoms with Crippen LogP contribution in [0.15, 0.2) is 65.6 Å². The van der Waals surface area contributed by atoms with Gasteiger partial charge >= 0.3 is 0 Å². The first-order chi connectivity index (χ1) is 22.8. The molecule has 2 aliphatic rings. The quantitative estimate of drug-likeness (QED) is 0.398. The van der Waals surface area contributed by atoms with Crippen molar-refractivity contribution in [3.05, 3.63) is 76.8 Å². The van der Waals surface area contributed by atoms with Crippen LogP contribution in [0.25, 0.3) is 0 Å². The summed E-state index contributed by atoms with van der Waals surface area (Å²) in [5, 5.41) is 11.1. The summed E-state index contributed by atoms with van der Waals surface area (Å²) in [5.41, 5.74) is -2.60. The third-order valence-corrected chi connectivity index (χ3v) is 9.63. The summed E-state index contributed by atoms with van der Waals surface area (Å²) < 4.78 is 93.3. The van der Waals surface area contributed by atoms with E-state index in [-0.39, 0.29) is 44.0 Å². The lowest BCUT2D eigenvalue weighted by atomic mass is 9.80. The first-order valence-electron chi connectivity index (χ1n) is 15.9. The molecule has 5 rings (SSSR count). The van der Waals surface area contributed by atoms with Crippen LogP contribution in [0.2, 0.25) is 5.02 Å². The van der Waals surface area contributed by atoms with Crippen molar-refractivity contribution in [3.63, 3.8) is 0 Å². The topological polar surface area (TPSA) is 126 Å². The average Bonchev–Trinajstić information content (AvgIpc) is 3.54. The Balaban J connectivity index is 1.86. The van der Waals surface area contributed by atoms with Crippen molar-refractivity contribution >= 4 is 39.1 Å². The molecule has 0 aliphatic carbocycles. The number of carbonyl (C=O) groups is 2. The van der Waals surface area contributed by atoms with E-state index in [1.165, 1.54) is 75.9 Å². The number of amides is 2.